The van der Waals surface area contributed by atoms with Crippen molar-refractivity contribution < 1.29 is 9.53 Å². The molecule has 0 fully saturated rings. The van der Waals surface area contributed by atoms with Gasteiger partial charge in [-0.3, -0.25) is 4.79 Å². The van der Waals surface area contributed by atoms with Crippen molar-refractivity contribution >= 4 is 5.97 Å². The summed E-state index contributed by atoms with van der Waals surface area (Å²) in [6.07, 6.45) is 78.8. The van der Waals surface area contributed by atoms with Crippen LogP contribution in [-0.2, 0) is 9.53 Å². The van der Waals surface area contributed by atoms with E-state index in [2.05, 4.69) is 13.8 Å². The predicted molar refractivity (Wildman–Crippen MR) is 281 cm³/mol. The van der Waals surface area contributed by atoms with Gasteiger partial charge in [-0.2, -0.15) is 0 Å². The molecule has 0 aromatic rings. The lowest BCUT2D eigenvalue weighted by Crippen LogP contribution is -2.05. The Labute approximate surface area is 394 Å². The van der Waals surface area contributed by atoms with Gasteiger partial charge in [0.1, 0.15) is 0 Å². The smallest absolute Gasteiger partial charge is 0.305 e. The lowest BCUT2D eigenvalue weighted by atomic mass is 10.0. The van der Waals surface area contributed by atoms with Gasteiger partial charge in [0.05, 0.1) is 6.61 Å². The molecule has 0 spiro atoms. The third-order valence-electron chi connectivity index (χ3n) is 14.2. The molecular formula is C60H120O2. The quantitative estimate of drug-likeness (QED) is 0.0450. The van der Waals surface area contributed by atoms with Crippen LogP contribution < -0.4 is 0 Å². The Morgan fingerprint density at radius 1 is 0.210 bits per heavy atom. The summed E-state index contributed by atoms with van der Waals surface area (Å²) >= 11 is 0. The fraction of sp³-hybridized carbons (Fsp3) is 0.983. The molecule has 0 heterocycles. The van der Waals surface area contributed by atoms with E-state index in [0.717, 1.165) is 12.8 Å². The molecule has 0 radical (unpaired) electrons. The molecule has 2 nitrogen and oxygen atoms in total. The van der Waals surface area contributed by atoms with Gasteiger partial charge in [-0.25, -0.2) is 0 Å². The summed E-state index contributed by atoms with van der Waals surface area (Å²) in [5, 5.41) is 0. The monoisotopic (exact) mass is 873 g/mol. The molecule has 0 saturated heterocycles. The summed E-state index contributed by atoms with van der Waals surface area (Å²) < 4.78 is 5.52. The van der Waals surface area contributed by atoms with E-state index >= 15 is 0 Å². The van der Waals surface area contributed by atoms with Crippen LogP contribution in [0.4, 0.5) is 0 Å². The van der Waals surface area contributed by atoms with E-state index < -0.39 is 0 Å². The normalized spacial score (nSPS) is 11.6. The van der Waals surface area contributed by atoms with Gasteiger partial charge in [0.2, 0.25) is 0 Å². The first-order chi connectivity index (χ1) is 30.8. The SMILES string of the molecule is CCCCCCCCCCCCCCCCCCCCCCCCCCCCCCCCCCOC(=O)CCCCCCCCCCCCCCCCCCCCCCCCC. The zero-order valence-corrected chi connectivity index (χ0v) is 43.6. The highest BCUT2D eigenvalue weighted by molar-refractivity contribution is 5.69. The van der Waals surface area contributed by atoms with Crippen LogP contribution in [0.15, 0.2) is 0 Å². The lowest BCUT2D eigenvalue weighted by Gasteiger charge is -2.06. The Morgan fingerprint density at radius 2 is 0.355 bits per heavy atom. The minimum Gasteiger partial charge on any atom is -0.466 e. The van der Waals surface area contributed by atoms with E-state index in [4.69, 9.17) is 4.74 Å². The van der Waals surface area contributed by atoms with Gasteiger partial charge in [-0.05, 0) is 12.8 Å². The molecule has 62 heavy (non-hydrogen) atoms. The van der Waals surface area contributed by atoms with Crippen LogP contribution in [-0.4, -0.2) is 12.6 Å². The molecule has 0 saturated carbocycles. The summed E-state index contributed by atoms with van der Waals surface area (Å²) in [6.45, 7) is 5.25. The van der Waals surface area contributed by atoms with Crippen LogP contribution in [0, 0.1) is 0 Å². The summed E-state index contributed by atoms with van der Waals surface area (Å²) in [6, 6.07) is 0. The van der Waals surface area contributed by atoms with Crippen molar-refractivity contribution in [2.24, 2.45) is 0 Å². The molecule has 0 aromatic heterocycles. The number of unbranched alkanes of at least 4 members (excludes halogenated alkanes) is 53. The van der Waals surface area contributed by atoms with Gasteiger partial charge >= 0.3 is 5.97 Å². The van der Waals surface area contributed by atoms with Crippen molar-refractivity contribution in [1.82, 2.24) is 0 Å². The molecule has 0 aliphatic rings. The van der Waals surface area contributed by atoms with E-state index in [1.807, 2.05) is 0 Å². The minimum atomic E-state index is 0.0363. The molecule has 0 rings (SSSR count). The number of hydrogen-bond donors (Lipinski definition) is 0. The topological polar surface area (TPSA) is 26.3 Å². The van der Waals surface area contributed by atoms with Crippen LogP contribution in [0.1, 0.15) is 373 Å². The van der Waals surface area contributed by atoms with Crippen LogP contribution in [0.5, 0.6) is 0 Å². The highest BCUT2D eigenvalue weighted by Crippen LogP contribution is 2.19. The second kappa shape index (κ2) is 58.5. The highest BCUT2D eigenvalue weighted by Gasteiger charge is 2.03. The van der Waals surface area contributed by atoms with E-state index in [1.54, 1.807) is 0 Å². The molecular weight excluding hydrogens is 753 g/mol. The van der Waals surface area contributed by atoms with Crippen LogP contribution in [0.25, 0.3) is 0 Å². The molecule has 2 heteroatoms. The third kappa shape index (κ3) is 57.5. The zero-order valence-electron chi connectivity index (χ0n) is 43.6. The molecule has 0 unspecified atom stereocenters. The fourth-order valence-electron chi connectivity index (χ4n) is 9.79. The van der Waals surface area contributed by atoms with Gasteiger partial charge in [-0.1, -0.05) is 354 Å². The molecule has 0 bridgehead atoms. The van der Waals surface area contributed by atoms with E-state index in [-0.39, 0.29) is 5.97 Å². The van der Waals surface area contributed by atoms with Gasteiger partial charge in [0, 0.05) is 6.42 Å². The number of hydrogen-bond acceptors (Lipinski definition) is 2. The summed E-state index contributed by atoms with van der Waals surface area (Å²) in [5.41, 5.74) is 0. The first kappa shape index (κ1) is 61.5. The van der Waals surface area contributed by atoms with Gasteiger partial charge in [-0.15, -0.1) is 0 Å². The van der Waals surface area contributed by atoms with E-state index in [1.165, 1.54) is 340 Å². The zero-order chi connectivity index (χ0) is 44.6. The second-order valence-corrected chi connectivity index (χ2v) is 20.7. The van der Waals surface area contributed by atoms with Crippen molar-refractivity contribution in [3.8, 4) is 0 Å². The number of carbonyl (C=O) groups excluding carboxylic acids is 1. The van der Waals surface area contributed by atoms with Gasteiger partial charge in [0.25, 0.3) is 0 Å². The Morgan fingerprint density at radius 3 is 0.532 bits per heavy atom. The maximum absolute atomic E-state index is 12.1. The van der Waals surface area contributed by atoms with Crippen LogP contribution in [0.2, 0.25) is 0 Å². The Hall–Kier alpha value is -0.530. The molecule has 0 amide bonds. The standard InChI is InChI=1S/C60H120O2/c1-3-5-7-9-11-13-15-17-19-21-23-25-27-28-29-30-31-32-33-34-35-37-39-41-43-45-47-49-51-53-55-57-59-62-60(61)58-56-54-52-50-48-46-44-42-40-38-36-26-24-22-20-18-16-14-12-10-8-6-4-2/h3-59H2,1-2H3. The molecule has 0 aliphatic heterocycles. The summed E-state index contributed by atoms with van der Waals surface area (Å²) in [7, 11) is 0. The number of esters is 1. The van der Waals surface area contributed by atoms with Gasteiger partial charge in [0.15, 0.2) is 0 Å². The van der Waals surface area contributed by atoms with Crippen molar-refractivity contribution in [1.29, 1.82) is 0 Å². The molecule has 0 aromatic carbocycles. The lowest BCUT2D eigenvalue weighted by molar-refractivity contribution is -0.143. The number of ether oxygens (including phenoxy) is 1. The molecule has 0 atom stereocenters. The van der Waals surface area contributed by atoms with Gasteiger partial charge < -0.3 is 4.74 Å². The van der Waals surface area contributed by atoms with Crippen molar-refractivity contribution in [2.75, 3.05) is 6.61 Å². The van der Waals surface area contributed by atoms with Crippen molar-refractivity contribution in [3.05, 3.63) is 0 Å². The van der Waals surface area contributed by atoms with Crippen LogP contribution >= 0.6 is 0 Å². The number of carbonyl (C=O) groups is 1. The second-order valence-electron chi connectivity index (χ2n) is 20.7. The van der Waals surface area contributed by atoms with E-state index in [0.29, 0.717) is 13.0 Å². The van der Waals surface area contributed by atoms with E-state index in [9.17, 15) is 4.79 Å². The minimum absolute atomic E-state index is 0.0363. The maximum Gasteiger partial charge on any atom is 0.305 e. The third-order valence-corrected chi connectivity index (χ3v) is 14.2. The number of rotatable bonds is 57. The molecule has 372 valence electrons. The van der Waals surface area contributed by atoms with Crippen molar-refractivity contribution in [3.63, 3.8) is 0 Å². The average molecular weight is 874 g/mol. The Bertz CT molecular complexity index is 777. The summed E-state index contributed by atoms with van der Waals surface area (Å²) in [5.74, 6) is 0.0363. The Balaban J connectivity index is 3.14. The fourth-order valence-corrected chi connectivity index (χ4v) is 9.79. The predicted octanol–water partition coefficient (Wildman–Crippen LogP) is 22.4. The van der Waals surface area contributed by atoms with Crippen molar-refractivity contribution in [2.45, 2.75) is 373 Å². The molecule has 0 N–H and O–H groups in total. The Kier molecular flexibility index (Phi) is 58.0. The molecule has 0 aliphatic carbocycles. The largest absolute Gasteiger partial charge is 0.466 e. The first-order valence-corrected chi connectivity index (χ1v) is 30.0. The maximum atomic E-state index is 12.1. The first-order valence-electron chi connectivity index (χ1n) is 30.0. The summed E-state index contributed by atoms with van der Waals surface area (Å²) in [4.78, 5) is 12.1. The average Bonchev–Trinajstić information content (AvgIpc) is 3.28. The van der Waals surface area contributed by atoms with Crippen LogP contribution in [0.3, 0.4) is 0 Å². The highest BCUT2D eigenvalue weighted by atomic mass is 16.5.